The van der Waals surface area contributed by atoms with Crippen molar-refractivity contribution in [3.8, 4) is 0 Å². The van der Waals surface area contributed by atoms with Crippen molar-refractivity contribution in [3.63, 3.8) is 0 Å². The zero-order valence-corrected chi connectivity index (χ0v) is 9.90. The molecule has 0 spiro atoms. The molecule has 0 bridgehead atoms. The first kappa shape index (κ1) is 14.9. The van der Waals surface area contributed by atoms with Crippen molar-refractivity contribution in [2.24, 2.45) is 17.3 Å². The quantitative estimate of drug-likeness (QED) is 0.552. The van der Waals surface area contributed by atoms with Gasteiger partial charge in [-0.15, -0.1) is 0 Å². The highest BCUT2D eigenvalue weighted by Gasteiger charge is 2.51. The Kier molecular flexibility index (Phi) is 4.13. The number of carbonyl (C=O) groups is 4. The zero-order valence-electron chi connectivity index (χ0n) is 9.90. The summed E-state index contributed by atoms with van der Waals surface area (Å²) < 4.78 is 0. The van der Waals surface area contributed by atoms with E-state index in [4.69, 9.17) is 15.3 Å². The topological polar surface area (TPSA) is 149 Å². The first-order chi connectivity index (χ1) is 8.68. The first-order valence-electron chi connectivity index (χ1n) is 5.59. The Morgan fingerprint density at radius 3 is 1.58 bits per heavy atom. The minimum absolute atomic E-state index is 0.181. The minimum Gasteiger partial charge on any atom is -0.481 e. The molecule has 1 saturated carbocycles. The van der Waals surface area contributed by atoms with Crippen molar-refractivity contribution >= 4 is 23.9 Å². The van der Waals surface area contributed by atoms with Crippen LogP contribution >= 0.6 is 0 Å². The lowest BCUT2D eigenvalue weighted by Crippen LogP contribution is -2.45. The Morgan fingerprint density at radius 2 is 1.32 bits per heavy atom. The molecule has 8 heteroatoms. The van der Waals surface area contributed by atoms with Crippen molar-refractivity contribution in [2.45, 2.75) is 25.7 Å². The molecular weight excluding hydrogens is 260 g/mol. The van der Waals surface area contributed by atoms with Crippen LogP contribution in [0.2, 0.25) is 0 Å². The number of hydrogen-bond acceptors (Lipinski definition) is 4. The molecule has 19 heavy (non-hydrogen) atoms. The van der Waals surface area contributed by atoms with Gasteiger partial charge >= 0.3 is 23.9 Å². The summed E-state index contributed by atoms with van der Waals surface area (Å²) in [6.45, 7) is 0. The lowest BCUT2D eigenvalue weighted by Gasteiger charge is -2.38. The Hall–Kier alpha value is -2.12. The molecule has 2 atom stereocenters. The van der Waals surface area contributed by atoms with Gasteiger partial charge in [-0.25, -0.2) is 0 Å². The lowest BCUT2D eigenvalue weighted by atomic mass is 9.64. The van der Waals surface area contributed by atoms with E-state index < -0.39 is 47.5 Å². The van der Waals surface area contributed by atoms with E-state index in [2.05, 4.69) is 0 Å². The first-order valence-corrected chi connectivity index (χ1v) is 5.59. The molecule has 4 N–H and O–H groups in total. The molecule has 1 fully saturated rings. The van der Waals surface area contributed by atoms with E-state index in [1.165, 1.54) is 0 Å². The zero-order chi connectivity index (χ0) is 14.8. The van der Waals surface area contributed by atoms with E-state index in [-0.39, 0.29) is 19.3 Å². The monoisotopic (exact) mass is 274 g/mol. The summed E-state index contributed by atoms with van der Waals surface area (Å²) in [4.78, 5) is 44.0. The van der Waals surface area contributed by atoms with Crippen molar-refractivity contribution in [1.29, 1.82) is 0 Å². The Labute approximate surface area is 107 Å². The van der Waals surface area contributed by atoms with Crippen LogP contribution in [0.25, 0.3) is 0 Å². The average Bonchev–Trinajstić information content (AvgIpc) is 2.27. The van der Waals surface area contributed by atoms with Crippen molar-refractivity contribution < 1.29 is 39.6 Å². The van der Waals surface area contributed by atoms with Crippen LogP contribution in [0.3, 0.4) is 0 Å². The summed E-state index contributed by atoms with van der Waals surface area (Å²) in [5.74, 6) is -7.79. The standard InChI is InChI=1S/C11H14O8/c12-7(13)4-11(10(18)19)2-5(8(14)15)1-6(3-11)9(16)17/h5-6H,1-4H2,(H,12,13)(H,14,15)(H,16,17)(H,18,19). The van der Waals surface area contributed by atoms with Gasteiger partial charge in [0.05, 0.1) is 23.7 Å². The molecule has 0 aromatic rings. The molecule has 106 valence electrons. The SMILES string of the molecule is O=C(O)CC1(C(=O)O)CC(C(=O)O)CC(C(=O)O)C1. The van der Waals surface area contributed by atoms with Gasteiger partial charge in [-0.2, -0.15) is 0 Å². The van der Waals surface area contributed by atoms with Crippen molar-refractivity contribution in [3.05, 3.63) is 0 Å². The number of rotatable bonds is 5. The van der Waals surface area contributed by atoms with E-state index in [1.54, 1.807) is 0 Å². The molecule has 1 rings (SSSR count). The van der Waals surface area contributed by atoms with Crippen LogP contribution in [0.1, 0.15) is 25.7 Å². The second-order valence-electron chi connectivity index (χ2n) is 4.87. The molecule has 0 saturated heterocycles. The molecule has 2 unspecified atom stereocenters. The van der Waals surface area contributed by atoms with Gasteiger partial charge in [0.25, 0.3) is 0 Å². The third-order valence-corrected chi connectivity index (χ3v) is 3.49. The number of aliphatic carboxylic acids is 4. The van der Waals surface area contributed by atoms with E-state index in [0.29, 0.717) is 0 Å². The predicted octanol–water partition coefficient (Wildman–Crippen LogP) is 0.118. The Balaban J connectivity index is 3.13. The Morgan fingerprint density at radius 1 is 0.895 bits per heavy atom. The molecule has 1 aliphatic rings. The van der Waals surface area contributed by atoms with Gasteiger partial charge in [0.2, 0.25) is 0 Å². The molecule has 0 radical (unpaired) electrons. The van der Waals surface area contributed by atoms with Crippen LogP contribution in [0.5, 0.6) is 0 Å². The van der Waals surface area contributed by atoms with Crippen molar-refractivity contribution in [2.75, 3.05) is 0 Å². The van der Waals surface area contributed by atoms with Crippen LogP contribution < -0.4 is 0 Å². The van der Waals surface area contributed by atoms with Gasteiger partial charge in [-0.05, 0) is 19.3 Å². The summed E-state index contributed by atoms with van der Waals surface area (Å²) in [6, 6.07) is 0. The smallest absolute Gasteiger partial charge is 0.310 e. The second-order valence-corrected chi connectivity index (χ2v) is 4.87. The van der Waals surface area contributed by atoms with Crippen LogP contribution in [0.4, 0.5) is 0 Å². The molecule has 0 aromatic heterocycles. The maximum Gasteiger partial charge on any atom is 0.310 e. The van der Waals surface area contributed by atoms with Crippen LogP contribution in [0, 0.1) is 17.3 Å². The highest BCUT2D eigenvalue weighted by molar-refractivity contribution is 5.84. The highest BCUT2D eigenvalue weighted by Crippen LogP contribution is 2.45. The minimum atomic E-state index is -1.84. The normalized spacial score (nSPS) is 30.5. The molecule has 8 nitrogen and oxygen atoms in total. The maximum atomic E-state index is 11.3. The summed E-state index contributed by atoms with van der Waals surface area (Å²) in [6.07, 6.45) is -1.70. The predicted molar refractivity (Wildman–Crippen MR) is 58.4 cm³/mol. The van der Waals surface area contributed by atoms with Gasteiger partial charge in [-0.3, -0.25) is 19.2 Å². The van der Waals surface area contributed by atoms with E-state index >= 15 is 0 Å². The van der Waals surface area contributed by atoms with E-state index in [0.717, 1.165) is 0 Å². The van der Waals surface area contributed by atoms with Crippen molar-refractivity contribution in [1.82, 2.24) is 0 Å². The largest absolute Gasteiger partial charge is 0.481 e. The van der Waals surface area contributed by atoms with Gasteiger partial charge in [0.1, 0.15) is 0 Å². The fraction of sp³-hybridized carbons (Fsp3) is 0.636. The molecule has 1 aliphatic carbocycles. The van der Waals surface area contributed by atoms with Gasteiger partial charge in [0.15, 0.2) is 0 Å². The summed E-state index contributed by atoms with van der Waals surface area (Å²) in [5.41, 5.74) is -1.84. The third kappa shape index (κ3) is 3.21. The fourth-order valence-corrected chi connectivity index (χ4v) is 2.60. The van der Waals surface area contributed by atoms with Gasteiger partial charge in [0, 0.05) is 0 Å². The van der Waals surface area contributed by atoms with E-state index in [1.807, 2.05) is 0 Å². The molecule has 0 heterocycles. The lowest BCUT2D eigenvalue weighted by molar-refractivity contribution is -0.166. The second kappa shape index (κ2) is 5.25. The van der Waals surface area contributed by atoms with E-state index in [9.17, 15) is 24.3 Å². The summed E-state index contributed by atoms with van der Waals surface area (Å²) in [5, 5.41) is 35.9. The van der Waals surface area contributed by atoms with Crippen LogP contribution in [-0.2, 0) is 19.2 Å². The number of carboxylic acids is 4. The maximum absolute atomic E-state index is 11.3. The number of carboxylic acid groups (broad SMARTS) is 4. The molecule has 0 amide bonds. The van der Waals surface area contributed by atoms with Crippen LogP contribution in [-0.4, -0.2) is 44.3 Å². The molecule has 0 aliphatic heterocycles. The summed E-state index contributed by atoms with van der Waals surface area (Å²) in [7, 11) is 0. The van der Waals surface area contributed by atoms with Gasteiger partial charge < -0.3 is 20.4 Å². The summed E-state index contributed by atoms with van der Waals surface area (Å²) >= 11 is 0. The van der Waals surface area contributed by atoms with Gasteiger partial charge in [-0.1, -0.05) is 0 Å². The average molecular weight is 274 g/mol. The highest BCUT2D eigenvalue weighted by atomic mass is 16.4. The van der Waals surface area contributed by atoms with Crippen LogP contribution in [0.15, 0.2) is 0 Å². The third-order valence-electron chi connectivity index (χ3n) is 3.49. The Bertz CT molecular complexity index is 404. The number of hydrogen-bond donors (Lipinski definition) is 4. The molecule has 0 aromatic carbocycles. The fourth-order valence-electron chi connectivity index (χ4n) is 2.60. The molecular formula is C11H14O8.